The summed E-state index contributed by atoms with van der Waals surface area (Å²) >= 11 is -1.22. The van der Waals surface area contributed by atoms with Gasteiger partial charge in [0.2, 0.25) is 0 Å². The van der Waals surface area contributed by atoms with Crippen molar-refractivity contribution in [2.24, 2.45) is 5.41 Å². The van der Waals surface area contributed by atoms with E-state index in [0.29, 0.717) is 0 Å². The van der Waals surface area contributed by atoms with Crippen LogP contribution in [-0.2, 0) is 17.8 Å². The van der Waals surface area contributed by atoms with Gasteiger partial charge in [0.15, 0.2) is 0 Å². The molecule has 2 heterocycles. The van der Waals surface area contributed by atoms with Gasteiger partial charge in [-0.05, 0) is 93.1 Å². The summed E-state index contributed by atoms with van der Waals surface area (Å²) in [4.78, 5) is 0. The van der Waals surface area contributed by atoms with E-state index in [-0.39, 0.29) is 16.2 Å². The molecular weight excluding hydrogens is 513 g/mol. The van der Waals surface area contributed by atoms with Gasteiger partial charge in [0.25, 0.3) is 0 Å². The number of hydrogen-bond donors (Lipinski definition) is 1. The van der Waals surface area contributed by atoms with E-state index >= 15 is 0 Å². The second-order valence-corrected chi connectivity index (χ2v) is 16.3. The number of rotatable bonds is 9. The van der Waals surface area contributed by atoms with Crippen LogP contribution in [0.15, 0.2) is 95.8 Å². The predicted octanol–water partition coefficient (Wildman–Crippen LogP) is 9.48. The van der Waals surface area contributed by atoms with E-state index in [1.165, 1.54) is 56.9 Å². The van der Waals surface area contributed by atoms with Crippen LogP contribution < -0.4 is 4.72 Å². The third-order valence-electron chi connectivity index (χ3n) is 8.32. The number of unbranched alkanes of at least 4 members (excludes halogenated alkanes) is 1. The Hall–Kier alpha value is -2.16. The molecule has 4 heteroatoms. The lowest BCUT2D eigenvalue weighted by molar-refractivity contribution is 0.536. The number of aryl methyl sites for hydroxylation is 1. The normalized spacial score (nSPS) is 22.5. The molecule has 3 aromatic carbocycles. The summed E-state index contributed by atoms with van der Waals surface area (Å²) in [5.74, 6) is 0. The van der Waals surface area contributed by atoms with Crippen LogP contribution in [0, 0.1) is 5.41 Å². The van der Waals surface area contributed by atoms with E-state index < -0.39 is 19.3 Å². The molecule has 2 bridgehead atoms. The summed E-state index contributed by atoms with van der Waals surface area (Å²) in [6.07, 6.45) is 4.62. The highest BCUT2D eigenvalue weighted by Gasteiger charge is 2.54. The number of nitrogens with one attached hydrogen (secondary N) is 1. The zero-order valence-electron chi connectivity index (χ0n) is 24.3. The highest BCUT2D eigenvalue weighted by Crippen LogP contribution is 2.79. The number of benzene rings is 3. The molecule has 2 aliphatic rings. The van der Waals surface area contributed by atoms with Crippen LogP contribution in [0.1, 0.15) is 82.7 Å². The molecule has 5 rings (SSSR count). The van der Waals surface area contributed by atoms with Crippen LogP contribution in [-0.4, -0.2) is 15.5 Å². The topological polar surface area (TPSA) is 35.1 Å². The third kappa shape index (κ3) is 5.44. The number of hydrogen-bond acceptors (Lipinski definition) is 2. The Morgan fingerprint density at radius 3 is 2.08 bits per heavy atom. The molecule has 0 unspecified atom stereocenters. The first kappa shape index (κ1) is 28.4. The Balaban J connectivity index is 1.70. The maximum absolute atomic E-state index is 13.7. The minimum absolute atomic E-state index is 0.0439. The first-order valence-corrected chi connectivity index (χ1v) is 16.9. The first-order valence-electron chi connectivity index (χ1n) is 14.3. The minimum atomic E-state index is -1.22. The van der Waals surface area contributed by atoms with Crippen molar-refractivity contribution in [2.45, 2.75) is 71.6 Å². The molecule has 2 nitrogen and oxygen atoms in total. The molecule has 0 saturated carbocycles. The van der Waals surface area contributed by atoms with Gasteiger partial charge in [-0.1, -0.05) is 111 Å². The maximum atomic E-state index is 13.7. The van der Waals surface area contributed by atoms with E-state index in [2.05, 4.69) is 131 Å². The molecule has 2 aliphatic heterocycles. The Kier molecular flexibility index (Phi) is 8.28. The lowest BCUT2D eigenvalue weighted by atomic mass is 9.73. The summed E-state index contributed by atoms with van der Waals surface area (Å²) in [6, 6.07) is 30.9. The van der Waals surface area contributed by atoms with Crippen molar-refractivity contribution in [3.8, 4) is 0 Å². The van der Waals surface area contributed by atoms with Crippen molar-refractivity contribution < 1.29 is 4.55 Å². The zero-order chi connectivity index (χ0) is 27.8. The lowest BCUT2D eigenvalue weighted by Crippen LogP contribution is -2.41. The Morgan fingerprint density at radius 1 is 0.923 bits per heavy atom. The SMILES string of the molecule is CCCCc1ccc([C@H](N[S@+]([O-])C(C)(C)C)C2=C(c3ccccc3)[C@@]3(C)C[P@]2C(c2ccccc2)=C3C)cc1. The summed E-state index contributed by atoms with van der Waals surface area (Å²) in [7, 11) is -0.607. The second-order valence-electron chi connectivity index (χ2n) is 12.2. The van der Waals surface area contributed by atoms with Crippen LogP contribution in [0.2, 0.25) is 0 Å². The molecule has 0 aliphatic carbocycles. The molecule has 0 saturated heterocycles. The van der Waals surface area contributed by atoms with Gasteiger partial charge in [-0.25, -0.2) is 0 Å². The van der Waals surface area contributed by atoms with Crippen molar-refractivity contribution >= 4 is 30.2 Å². The monoisotopic (exact) mass is 555 g/mol. The molecule has 39 heavy (non-hydrogen) atoms. The average Bonchev–Trinajstić information content (AvgIpc) is 3.38. The fourth-order valence-corrected chi connectivity index (χ4v) is 10.8. The maximum Gasteiger partial charge on any atom is 0.136 e. The smallest absolute Gasteiger partial charge is 0.136 e. The molecule has 204 valence electrons. The lowest BCUT2D eigenvalue weighted by Gasteiger charge is -2.36. The zero-order valence-corrected chi connectivity index (χ0v) is 26.0. The summed E-state index contributed by atoms with van der Waals surface area (Å²) < 4.78 is 17.0. The molecule has 4 atom stereocenters. The van der Waals surface area contributed by atoms with Gasteiger partial charge in [0, 0.05) is 16.8 Å². The van der Waals surface area contributed by atoms with Crippen LogP contribution >= 0.6 is 7.92 Å². The summed E-state index contributed by atoms with van der Waals surface area (Å²) in [5, 5.41) is 2.96. The van der Waals surface area contributed by atoms with Crippen LogP contribution in [0.5, 0.6) is 0 Å². The van der Waals surface area contributed by atoms with Gasteiger partial charge < -0.3 is 4.55 Å². The third-order valence-corrected chi connectivity index (χ3v) is 13.0. The molecular formula is C35H42NOPS. The van der Waals surface area contributed by atoms with Gasteiger partial charge in [-0.15, -0.1) is 4.72 Å². The van der Waals surface area contributed by atoms with E-state index in [1.54, 1.807) is 0 Å². The minimum Gasteiger partial charge on any atom is -0.598 e. The highest BCUT2D eigenvalue weighted by atomic mass is 32.2. The van der Waals surface area contributed by atoms with E-state index in [4.69, 9.17) is 0 Å². The standard InChI is InChI=1S/C35H42NOPS/c1-7-8-15-26-20-22-28(23-21-26)31(36-39(37)34(3,4)5)33-30(27-16-11-9-12-17-27)35(6)24-38(33)32(25(35)2)29-18-13-10-14-19-29/h9-14,16-23,31,36H,7-8,15,24H2,1-6H3/t31-,35-,38+,39+/m0/s1. The van der Waals surface area contributed by atoms with Gasteiger partial charge in [0.05, 0.1) is 0 Å². The average molecular weight is 556 g/mol. The van der Waals surface area contributed by atoms with Crippen LogP contribution in [0.4, 0.5) is 0 Å². The number of fused-ring (bicyclic) bond motifs is 2. The van der Waals surface area contributed by atoms with E-state index in [1.807, 2.05) is 0 Å². The number of allylic oxidation sites excluding steroid dienone is 2. The quantitative estimate of drug-likeness (QED) is 0.211. The Morgan fingerprint density at radius 2 is 1.51 bits per heavy atom. The van der Waals surface area contributed by atoms with Crippen LogP contribution in [0.3, 0.4) is 0 Å². The molecule has 3 aromatic rings. The van der Waals surface area contributed by atoms with Gasteiger partial charge >= 0.3 is 0 Å². The van der Waals surface area contributed by atoms with Crippen molar-refractivity contribution in [1.82, 2.24) is 4.72 Å². The summed E-state index contributed by atoms with van der Waals surface area (Å²) in [5.41, 5.74) is 8.09. The Bertz CT molecular complexity index is 1360. The highest BCUT2D eigenvalue weighted by molar-refractivity contribution is 7.90. The van der Waals surface area contributed by atoms with Crippen molar-refractivity contribution in [3.05, 3.63) is 118 Å². The molecule has 0 radical (unpaired) electrons. The fourth-order valence-electron chi connectivity index (χ4n) is 6.03. The molecule has 0 fully saturated rings. The first-order chi connectivity index (χ1) is 18.6. The Labute approximate surface area is 240 Å². The van der Waals surface area contributed by atoms with Gasteiger partial charge in [-0.3, -0.25) is 0 Å². The van der Waals surface area contributed by atoms with Gasteiger partial charge in [0.1, 0.15) is 10.8 Å². The van der Waals surface area contributed by atoms with Gasteiger partial charge in [-0.2, -0.15) is 0 Å². The second kappa shape index (κ2) is 11.4. The molecule has 1 N–H and O–H groups in total. The molecule has 0 amide bonds. The van der Waals surface area contributed by atoms with Crippen LogP contribution in [0.25, 0.3) is 10.9 Å². The largest absolute Gasteiger partial charge is 0.598 e. The molecule has 0 aromatic heterocycles. The predicted molar refractivity (Wildman–Crippen MR) is 171 cm³/mol. The van der Waals surface area contributed by atoms with Crippen molar-refractivity contribution in [2.75, 3.05) is 6.16 Å². The van der Waals surface area contributed by atoms with Crippen molar-refractivity contribution in [1.29, 1.82) is 0 Å². The summed E-state index contributed by atoms with van der Waals surface area (Å²) in [6.45, 7) is 13.2. The fraction of sp³-hybridized carbons (Fsp3) is 0.371. The van der Waals surface area contributed by atoms with Crippen molar-refractivity contribution in [3.63, 3.8) is 0 Å². The van der Waals surface area contributed by atoms with E-state index in [9.17, 15) is 4.55 Å². The molecule has 0 spiro atoms. The van der Waals surface area contributed by atoms with E-state index in [0.717, 1.165) is 12.6 Å².